The van der Waals surface area contributed by atoms with Crippen molar-refractivity contribution >= 4 is 33.6 Å². The van der Waals surface area contributed by atoms with Gasteiger partial charge in [0.05, 0.1) is 18.3 Å². The highest BCUT2D eigenvalue weighted by Gasteiger charge is 2.32. The average molecular weight is 489 g/mol. The predicted molar refractivity (Wildman–Crippen MR) is 133 cm³/mol. The van der Waals surface area contributed by atoms with Crippen molar-refractivity contribution in [2.75, 3.05) is 19.7 Å². The maximum Gasteiger partial charge on any atom is 0.409 e. The first-order valence-electron chi connectivity index (χ1n) is 12.4. The number of carbonyl (C=O) groups is 2. The van der Waals surface area contributed by atoms with Crippen molar-refractivity contribution in [2.24, 2.45) is 11.3 Å². The van der Waals surface area contributed by atoms with Crippen molar-refractivity contribution in [1.29, 1.82) is 0 Å². The molecule has 0 bridgehead atoms. The number of nitrogens with zero attached hydrogens (tertiary/aromatic N) is 3. The van der Waals surface area contributed by atoms with Gasteiger partial charge in [0.1, 0.15) is 4.83 Å². The maximum atomic E-state index is 13.2. The van der Waals surface area contributed by atoms with Crippen LogP contribution in [-0.2, 0) is 28.9 Å². The number of hydrogen-bond donors (Lipinski definition) is 1. The lowest BCUT2D eigenvalue weighted by Crippen LogP contribution is -2.46. The van der Waals surface area contributed by atoms with Gasteiger partial charge in [-0.15, -0.1) is 11.3 Å². The van der Waals surface area contributed by atoms with Gasteiger partial charge in [0, 0.05) is 37.0 Å². The third-order valence-electron chi connectivity index (χ3n) is 7.23. The molecule has 1 atom stereocenters. The molecule has 8 nitrogen and oxygen atoms in total. The monoisotopic (exact) mass is 488 g/mol. The molecule has 0 radical (unpaired) electrons. The van der Waals surface area contributed by atoms with Crippen LogP contribution in [0.1, 0.15) is 63.8 Å². The zero-order chi connectivity index (χ0) is 24.5. The first-order chi connectivity index (χ1) is 16.2. The van der Waals surface area contributed by atoms with E-state index in [-0.39, 0.29) is 35.4 Å². The highest BCUT2D eigenvalue weighted by molar-refractivity contribution is 7.18. The largest absolute Gasteiger partial charge is 0.450 e. The van der Waals surface area contributed by atoms with Crippen LogP contribution in [0, 0.1) is 11.3 Å². The molecule has 4 rings (SSSR count). The van der Waals surface area contributed by atoms with Crippen LogP contribution in [0.3, 0.4) is 0 Å². The van der Waals surface area contributed by atoms with Crippen LogP contribution in [0.25, 0.3) is 10.2 Å². The third kappa shape index (κ3) is 5.29. The number of amides is 2. The Morgan fingerprint density at radius 1 is 1.24 bits per heavy atom. The van der Waals surface area contributed by atoms with Crippen molar-refractivity contribution in [3.63, 3.8) is 0 Å². The smallest absolute Gasteiger partial charge is 0.409 e. The number of aryl methyl sites for hydroxylation is 2. The number of nitrogens with one attached hydrogen (secondary N) is 1. The van der Waals surface area contributed by atoms with Crippen molar-refractivity contribution in [2.45, 2.75) is 78.8 Å². The second kappa shape index (κ2) is 10.1. The molecule has 2 aromatic heterocycles. The summed E-state index contributed by atoms with van der Waals surface area (Å²) in [6.07, 6.45) is 5.94. The summed E-state index contributed by atoms with van der Waals surface area (Å²) < 4.78 is 6.62. The molecule has 1 aliphatic carbocycles. The Morgan fingerprint density at radius 3 is 2.65 bits per heavy atom. The number of hydrogen-bond acceptors (Lipinski definition) is 6. The minimum atomic E-state index is -0.293. The number of piperidine rings is 1. The van der Waals surface area contributed by atoms with E-state index in [2.05, 4.69) is 31.1 Å². The van der Waals surface area contributed by atoms with Crippen LogP contribution in [0.4, 0.5) is 4.79 Å². The number of fused-ring (bicyclic) bond motifs is 3. The molecule has 2 amide bonds. The molecule has 2 aromatic rings. The summed E-state index contributed by atoms with van der Waals surface area (Å²) in [5.74, 6) is 0.532. The SMILES string of the molecule is CCOC(=O)N1CCC(NC(=O)CCn2cnc3sc4c(c3c2=O)CCC(C(C)(C)C)C4)CC1. The van der Waals surface area contributed by atoms with Crippen LogP contribution >= 0.6 is 11.3 Å². The maximum absolute atomic E-state index is 13.2. The lowest BCUT2D eigenvalue weighted by molar-refractivity contribution is -0.122. The Hall–Kier alpha value is -2.42. The van der Waals surface area contributed by atoms with E-state index in [1.165, 1.54) is 10.4 Å². The first-order valence-corrected chi connectivity index (χ1v) is 13.2. The fourth-order valence-electron chi connectivity index (χ4n) is 5.04. The molecular formula is C25H36N4O4S. The number of ether oxygens (including phenoxy) is 1. The fourth-order valence-corrected chi connectivity index (χ4v) is 6.30. The molecule has 1 unspecified atom stereocenters. The predicted octanol–water partition coefficient (Wildman–Crippen LogP) is 3.74. The molecule has 2 aliphatic rings. The molecule has 0 aromatic carbocycles. The van der Waals surface area contributed by atoms with E-state index in [0.29, 0.717) is 45.0 Å². The number of rotatable bonds is 5. The topological polar surface area (TPSA) is 93.5 Å². The van der Waals surface area contributed by atoms with Crippen molar-refractivity contribution in [3.05, 3.63) is 27.1 Å². The standard InChI is InChI=1S/C25H36N4O4S/c1-5-33-24(32)28-11-8-17(9-12-28)27-20(30)10-13-29-15-26-22-21(23(29)31)18-7-6-16(25(2,3)4)14-19(18)34-22/h15-17H,5-14H2,1-4H3,(H,27,30). The van der Waals surface area contributed by atoms with E-state index in [4.69, 9.17) is 4.74 Å². The quantitative estimate of drug-likeness (QED) is 0.692. The molecule has 3 heterocycles. The van der Waals surface area contributed by atoms with Gasteiger partial charge < -0.3 is 15.0 Å². The average Bonchev–Trinajstić information content (AvgIpc) is 3.17. The van der Waals surface area contributed by atoms with Crippen LogP contribution < -0.4 is 10.9 Å². The Balaban J connectivity index is 1.35. The zero-order valence-corrected chi connectivity index (χ0v) is 21.5. The van der Waals surface area contributed by atoms with Gasteiger partial charge in [-0.2, -0.15) is 0 Å². The lowest BCUT2D eigenvalue weighted by Gasteiger charge is -2.33. The van der Waals surface area contributed by atoms with Gasteiger partial charge in [-0.3, -0.25) is 14.2 Å². The molecule has 0 spiro atoms. The second-order valence-electron chi connectivity index (χ2n) is 10.5. The van der Waals surface area contributed by atoms with E-state index in [1.54, 1.807) is 34.1 Å². The van der Waals surface area contributed by atoms with Crippen LogP contribution in [0.2, 0.25) is 0 Å². The molecule has 1 aliphatic heterocycles. The molecule has 0 saturated carbocycles. The zero-order valence-electron chi connectivity index (χ0n) is 20.7. The van der Waals surface area contributed by atoms with E-state index < -0.39 is 0 Å². The molecular weight excluding hydrogens is 452 g/mol. The van der Waals surface area contributed by atoms with Crippen LogP contribution in [0.15, 0.2) is 11.1 Å². The Morgan fingerprint density at radius 2 is 1.97 bits per heavy atom. The van der Waals surface area contributed by atoms with Gasteiger partial charge >= 0.3 is 6.09 Å². The first kappa shape index (κ1) is 24.7. The molecule has 1 saturated heterocycles. The summed E-state index contributed by atoms with van der Waals surface area (Å²) in [5.41, 5.74) is 1.39. The lowest BCUT2D eigenvalue weighted by atomic mass is 9.72. The van der Waals surface area contributed by atoms with Crippen LogP contribution in [-0.4, -0.2) is 52.2 Å². The highest BCUT2D eigenvalue weighted by Crippen LogP contribution is 2.41. The van der Waals surface area contributed by atoms with E-state index in [0.717, 1.165) is 29.5 Å². The molecule has 1 fully saturated rings. The summed E-state index contributed by atoms with van der Waals surface area (Å²) in [4.78, 5) is 46.0. The Bertz CT molecular complexity index is 1110. The van der Waals surface area contributed by atoms with Crippen LogP contribution in [0.5, 0.6) is 0 Å². The summed E-state index contributed by atoms with van der Waals surface area (Å²) in [5, 5.41) is 3.80. The molecule has 9 heteroatoms. The molecule has 1 N–H and O–H groups in total. The Labute approximate surface area is 204 Å². The number of carbonyl (C=O) groups excluding carboxylic acids is 2. The van der Waals surface area contributed by atoms with Gasteiger partial charge in [0.25, 0.3) is 5.56 Å². The van der Waals surface area contributed by atoms with E-state index in [9.17, 15) is 14.4 Å². The van der Waals surface area contributed by atoms with E-state index >= 15 is 0 Å². The van der Waals surface area contributed by atoms with Gasteiger partial charge in [0.15, 0.2) is 0 Å². The number of thiophene rings is 1. The second-order valence-corrected chi connectivity index (χ2v) is 11.6. The minimum Gasteiger partial charge on any atom is -0.450 e. The fraction of sp³-hybridized carbons (Fsp3) is 0.680. The van der Waals surface area contributed by atoms with Crippen molar-refractivity contribution in [1.82, 2.24) is 19.8 Å². The number of likely N-dealkylation sites (tertiary alicyclic amines) is 1. The number of aromatic nitrogens is 2. The summed E-state index contributed by atoms with van der Waals surface area (Å²) in [6.45, 7) is 10.5. The summed E-state index contributed by atoms with van der Waals surface area (Å²) >= 11 is 1.65. The van der Waals surface area contributed by atoms with Gasteiger partial charge in [-0.1, -0.05) is 20.8 Å². The minimum absolute atomic E-state index is 0.0350. The summed E-state index contributed by atoms with van der Waals surface area (Å²) in [6, 6.07) is 0.0372. The van der Waals surface area contributed by atoms with E-state index in [1.807, 2.05) is 0 Å². The summed E-state index contributed by atoms with van der Waals surface area (Å²) in [7, 11) is 0. The Kier molecular flexibility index (Phi) is 7.31. The van der Waals surface area contributed by atoms with Gasteiger partial charge in [0.2, 0.25) is 5.91 Å². The molecule has 34 heavy (non-hydrogen) atoms. The normalized spacial score (nSPS) is 19.2. The third-order valence-corrected chi connectivity index (χ3v) is 8.39. The van der Waals surface area contributed by atoms with Crippen molar-refractivity contribution in [3.8, 4) is 0 Å². The van der Waals surface area contributed by atoms with Gasteiger partial charge in [-0.25, -0.2) is 9.78 Å². The van der Waals surface area contributed by atoms with Crippen molar-refractivity contribution < 1.29 is 14.3 Å². The van der Waals surface area contributed by atoms with Gasteiger partial charge in [-0.05, 0) is 55.9 Å². The highest BCUT2D eigenvalue weighted by atomic mass is 32.1. The molecule has 186 valence electrons.